The predicted octanol–water partition coefficient (Wildman–Crippen LogP) is 4.95. The highest BCUT2D eigenvalue weighted by atomic mass is 79.9. The fourth-order valence-corrected chi connectivity index (χ4v) is 4.02. The van der Waals surface area contributed by atoms with Gasteiger partial charge in [0, 0.05) is 4.47 Å². The molecule has 0 saturated heterocycles. The standard InChI is InChI=1S/C19H22BrN/c1-13-7-10-17(18(20)11-13)19(21-2)16-9-8-14-5-3-4-6-15(14)12-16/h7-12,19,21H,3-6H2,1-2H3. The van der Waals surface area contributed by atoms with Crippen molar-refractivity contribution in [2.24, 2.45) is 0 Å². The molecule has 110 valence electrons. The number of fused-ring (bicyclic) bond motifs is 1. The monoisotopic (exact) mass is 343 g/mol. The third-order valence-corrected chi connectivity index (χ3v) is 5.15. The van der Waals surface area contributed by atoms with Gasteiger partial charge in [0.05, 0.1) is 6.04 Å². The van der Waals surface area contributed by atoms with Gasteiger partial charge in [0.25, 0.3) is 0 Å². The molecule has 0 amide bonds. The molecular formula is C19H22BrN. The van der Waals surface area contributed by atoms with Crippen molar-refractivity contribution in [3.05, 3.63) is 68.7 Å². The van der Waals surface area contributed by atoms with Crippen molar-refractivity contribution in [1.29, 1.82) is 0 Å². The molecule has 1 aliphatic rings. The average Bonchev–Trinajstić information content (AvgIpc) is 2.50. The summed E-state index contributed by atoms with van der Waals surface area (Å²) in [7, 11) is 2.04. The predicted molar refractivity (Wildman–Crippen MR) is 92.9 cm³/mol. The Morgan fingerprint density at radius 3 is 2.48 bits per heavy atom. The van der Waals surface area contributed by atoms with E-state index in [1.54, 1.807) is 11.1 Å². The second kappa shape index (κ2) is 6.33. The first-order chi connectivity index (χ1) is 10.2. The summed E-state index contributed by atoms with van der Waals surface area (Å²) in [5.74, 6) is 0. The van der Waals surface area contributed by atoms with Crippen LogP contribution >= 0.6 is 15.9 Å². The molecule has 0 fully saturated rings. The Morgan fingerprint density at radius 2 is 1.76 bits per heavy atom. The maximum absolute atomic E-state index is 3.72. The molecule has 1 unspecified atom stereocenters. The van der Waals surface area contributed by atoms with Crippen LogP contribution in [-0.4, -0.2) is 7.05 Å². The lowest BCUT2D eigenvalue weighted by Gasteiger charge is -2.22. The molecule has 0 saturated carbocycles. The van der Waals surface area contributed by atoms with Gasteiger partial charge in [0.2, 0.25) is 0 Å². The van der Waals surface area contributed by atoms with Crippen LogP contribution in [0.3, 0.4) is 0 Å². The van der Waals surface area contributed by atoms with E-state index >= 15 is 0 Å². The first kappa shape index (κ1) is 14.8. The molecule has 0 spiro atoms. The first-order valence-electron chi connectivity index (χ1n) is 7.74. The van der Waals surface area contributed by atoms with Gasteiger partial charge >= 0.3 is 0 Å². The highest BCUT2D eigenvalue weighted by Gasteiger charge is 2.17. The van der Waals surface area contributed by atoms with Gasteiger partial charge in [-0.1, -0.05) is 46.3 Å². The van der Waals surface area contributed by atoms with Crippen LogP contribution in [0.25, 0.3) is 0 Å². The van der Waals surface area contributed by atoms with Crippen LogP contribution in [0.15, 0.2) is 40.9 Å². The Kier molecular flexibility index (Phi) is 4.46. The fourth-order valence-electron chi connectivity index (χ4n) is 3.30. The van der Waals surface area contributed by atoms with E-state index in [0.29, 0.717) is 0 Å². The molecule has 2 aromatic rings. The second-order valence-electron chi connectivity index (χ2n) is 5.98. The van der Waals surface area contributed by atoms with E-state index in [9.17, 15) is 0 Å². The summed E-state index contributed by atoms with van der Waals surface area (Å²) in [6.45, 7) is 2.13. The van der Waals surface area contributed by atoms with Crippen molar-refractivity contribution >= 4 is 15.9 Å². The van der Waals surface area contributed by atoms with Crippen molar-refractivity contribution in [2.75, 3.05) is 7.05 Å². The minimum Gasteiger partial charge on any atom is -0.309 e. The number of nitrogens with one attached hydrogen (secondary N) is 1. The molecular weight excluding hydrogens is 322 g/mol. The van der Waals surface area contributed by atoms with E-state index in [4.69, 9.17) is 0 Å². The SMILES string of the molecule is CNC(c1ccc2c(c1)CCCC2)c1ccc(C)cc1Br. The quantitative estimate of drug-likeness (QED) is 0.831. The van der Waals surface area contributed by atoms with Crippen LogP contribution in [0.2, 0.25) is 0 Å². The highest BCUT2D eigenvalue weighted by Crippen LogP contribution is 2.31. The van der Waals surface area contributed by atoms with E-state index in [1.807, 2.05) is 7.05 Å². The van der Waals surface area contributed by atoms with E-state index in [-0.39, 0.29) is 6.04 Å². The zero-order valence-electron chi connectivity index (χ0n) is 12.7. The number of aryl methyl sites for hydroxylation is 3. The number of hydrogen-bond donors (Lipinski definition) is 1. The topological polar surface area (TPSA) is 12.0 Å². The van der Waals surface area contributed by atoms with Gasteiger partial charge in [-0.2, -0.15) is 0 Å². The number of hydrogen-bond acceptors (Lipinski definition) is 1. The average molecular weight is 344 g/mol. The van der Waals surface area contributed by atoms with Crippen molar-refractivity contribution in [2.45, 2.75) is 38.6 Å². The van der Waals surface area contributed by atoms with Crippen LogP contribution in [0.1, 0.15) is 46.7 Å². The minimum atomic E-state index is 0.243. The first-order valence-corrected chi connectivity index (χ1v) is 8.53. The van der Waals surface area contributed by atoms with Gasteiger partial charge in [-0.05, 0) is 73.5 Å². The van der Waals surface area contributed by atoms with Crippen molar-refractivity contribution in [1.82, 2.24) is 5.32 Å². The molecule has 0 bridgehead atoms. The summed E-state index contributed by atoms with van der Waals surface area (Å²) in [6.07, 6.45) is 5.14. The molecule has 0 aromatic heterocycles. The Morgan fingerprint density at radius 1 is 1.00 bits per heavy atom. The number of benzene rings is 2. The smallest absolute Gasteiger partial charge is 0.0585 e. The van der Waals surface area contributed by atoms with Gasteiger partial charge in [-0.3, -0.25) is 0 Å². The summed E-state index contributed by atoms with van der Waals surface area (Å²) in [6, 6.07) is 13.9. The lowest BCUT2D eigenvalue weighted by Crippen LogP contribution is -2.19. The third kappa shape index (κ3) is 3.07. The molecule has 2 aromatic carbocycles. The minimum absolute atomic E-state index is 0.243. The van der Waals surface area contributed by atoms with Crippen molar-refractivity contribution in [3.8, 4) is 0 Å². The molecule has 3 rings (SSSR count). The van der Waals surface area contributed by atoms with E-state index in [0.717, 1.165) is 0 Å². The van der Waals surface area contributed by atoms with Gasteiger partial charge in [0.15, 0.2) is 0 Å². The summed E-state index contributed by atoms with van der Waals surface area (Å²) < 4.78 is 1.18. The molecule has 1 atom stereocenters. The van der Waals surface area contributed by atoms with Gasteiger partial charge in [-0.15, -0.1) is 0 Å². The van der Waals surface area contributed by atoms with Gasteiger partial charge < -0.3 is 5.32 Å². The van der Waals surface area contributed by atoms with Crippen LogP contribution in [0, 0.1) is 6.92 Å². The molecule has 2 heteroatoms. The highest BCUT2D eigenvalue weighted by molar-refractivity contribution is 9.10. The number of halogens is 1. The van der Waals surface area contributed by atoms with Crippen LogP contribution in [0.5, 0.6) is 0 Å². The largest absolute Gasteiger partial charge is 0.309 e. The van der Waals surface area contributed by atoms with E-state index in [2.05, 4.69) is 64.6 Å². The zero-order valence-corrected chi connectivity index (χ0v) is 14.3. The lowest BCUT2D eigenvalue weighted by atomic mass is 9.88. The molecule has 21 heavy (non-hydrogen) atoms. The Hall–Kier alpha value is -1.12. The van der Waals surface area contributed by atoms with Crippen molar-refractivity contribution in [3.63, 3.8) is 0 Å². The second-order valence-corrected chi connectivity index (χ2v) is 6.84. The Bertz CT molecular complexity index is 648. The summed E-state index contributed by atoms with van der Waals surface area (Å²) in [5.41, 5.74) is 7.04. The number of rotatable bonds is 3. The van der Waals surface area contributed by atoms with Crippen LogP contribution < -0.4 is 5.32 Å². The van der Waals surface area contributed by atoms with Crippen molar-refractivity contribution < 1.29 is 0 Å². The van der Waals surface area contributed by atoms with Gasteiger partial charge in [0.1, 0.15) is 0 Å². The lowest BCUT2D eigenvalue weighted by molar-refractivity contribution is 0.666. The fraction of sp³-hybridized carbons (Fsp3) is 0.368. The summed E-state index contributed by atoms with van der Waals surface area (Å²) in [4.78, 5) is 0. The third-order valence-electron chi connectivity index (χ3n) is 4.46. The van der Waals surface area contributed by atoms with Gasteiger partial charge in [-0.25, -0.2) is 0 Å². The molecule has 1 N–H and O–H groups in total. The zero-order chi connectivity index (χ0) is 14.8. The molecule has 1 aliphatic carbocycles. The van der Waals surface area contributed by atoms with E-state index in [1.165, 1.54) is 46.8 Å². The Balaban J connectivity index is 1.99. The molecule has 1 nitrogen and oxygen atoms in total. The van der Waals surface area contributed by atoms with Crippen LogP contribution in [0.4, 0.5) is 0 Å². The summed E-state index contributed by atoms with van der Waals surface area (Å²) in [5, 5.41) is 3.47. The normalized spacial score (nSPS) is 15.6. The van der Waals surface area contributed by atoms with Crippen LogP contribution in [-0.2, 0) is 12.8 Å². The summed E-state index contributed by atoms with van der Waals surface area (Å²) >= 11 is 3.72. The maximum Gasteiger partial charge on any atom is 0.0585 e. The Labute approximate surface area is 135 Å². The molecule has 0 heterocycles. The molecule has 0 aliphatic heterocycles. The van der Waals surface area contributed by atoms with E-state index < -0.39 is 0 Å². The maximum atomic E-state index is 3.72. The molecule has 0 radical (unpaired) electrons.